The van der Waals surface area contributed by atoms with Crippen molar-refractivity contribution in [1.29, 1.82) is 0 Å². The van der Waals surface area contributed by atoms with Crippen molar-refractivity contribution < 1.29 is 4.74 Å². The second-order valence-electron chi connectivity index (χ2n) is 5.19. The first-order valence-electron chi connectivity index (χ1n) is 6.99. The van der Waals surface area contributed by atoms with E-state index in [4.69, 9.17) is 29.2 Å². The summed E-state index contributed by atoms with van der Waals surface area (Å²) in [6.45, 7) is 3.97. The average Bonchev–Trinajstić information content (AvgIpc) is 2.89. The Balaban J connectivity index is 2.02. The Morgan fingerprint density at radius 1 is 1.41 bits per heavy atom. The predicted molar refractivity (Wildman–Crippen MR) is 102 cm³/mol. The Morgan fingerprint density at radius 3 is 2.91 bits per heavy atom. The summed E-state index contributed by atoms with van der Waals surface area (Å²) in [7, 11) is 0. The maximum atomic E-state index is 5.60. The van der Waals surface area contributed by atoms with Gasteiger partial charge < -0.3 is 10.1 Å². The van der Waals surface area contributed by atoms with E-state index in [1.807, 2.05) is 26.0 Å². The summed E-state index contributed by atoms with van der Waals surface area (Å²) in [5.41, 5.74) is 3.25. The first-order chi connectivity index (χ1) is 10.5. The van der Waals surface area contributed by atoms with E-state index in [1.54, 1.807) is 11.3 Å². The van der Waals surface area contributed by atoms with Gasteiger partial charge in [0.05, 0.1) is 4.99 Å². The quantitative estimate of drug-likeness (QED) is 0.779. The van der Waals surface area contributed by atoms with E-state index in [0.717, 1.165) is 27.8 Å². The lowest BCUT2D eigenvalue weighted by Gasteiger charge is -2.23. The van der Waals surface area contributed by atoms with Crippen LogP contribution < -0.4 is 10.2 Å². The summed E-state index contributed by atoms with van der Waals surface area (Å²) in [5.74, 6) is 0. The van der Waals surface area contributed by atoms with Crippen molar-refractivity contribution in [2.24, 2.45) is 0 Å². The molecule has 0 bridgehead atoms. The van der Waals surface area contributed by atoms with Gasteiger partial charge in [-0.3, -0.25) is 4.90 Å². The van der Waals surface area contributed by atoms with Gasteiger partial charge in [0.25, 0.3) is 5.17 Å². The van der Waals surface area contributed by atoms with Gasteiger partial charge in [0.15, 0.2) is 0 Å². The van der Waals surface area contributed by atoms with Crippen LogP contribution in [0.4, 0.5) is 16.4 Å². The van der Waals surface area contributed by atoms with E-state index in [2.05, 4.69) is 33.8 Å². The van der Waals surface area contributed by atoms with Crippen LogP contribution in [0, 0.1) is 0 Å². The molecule has 2 aromatic rings. The molecule has 0 aliphatic carbocycles. The normalized spacial score (nSPS) is 17.0. The third kappa shape index (κ3) is 3.14. The number of ether oxygens (including phenoxy) is 1. The number of hydrogen-bond acceptors (Lipinski definition) is 4. The average molecular weight is 349 g/mol. The van der Waals surface area contributed by atoms with Crippen LogP contribution in [0.5, 0.6) is 0 Å². The van der Waals surface area contributed by atoms with Gasteiger partial charge in [0, 0.05) is 17.8 Å². The van der Waals surface area contributed by atoms with E-state index in [1.165, 1.54) is 5.56 Å². The highest BCUT2D eigenvalue weighted by molar-refractivity contribution is 7.80. The smallest absolute Gasteiger partial charge is 0.261 e. The second kappa shape index (κ2) is 6.32. The molecule has 22 heavy (non-hydrogen) atoms. The largest absolute Gasteiger partial charge is 0.467 e. The molecule has 0 saturated carbocycles. The number of fused-ring (bicyclic) bond motifs is 1. The van der Waals surface area contributed by atoms with Crippen molar-refractivity contribution in [3.63, 3.8) is 0 Å². The molecule has 2 heterocycles. The summed E-state index contributed by atoms with van der Waals surface area (Å²) in [6, 6.07) is 10.4. The van der Waals surface area contributed by atoms with E-state index < -0.39 is 0 Å². The molecule has 1 unspecified atom stereocenters. The second-order valence-corrected chi connectivity index (χ2v) is 7.08. The van der Waals surface area contributed by atoms with Crippen LogP contribution in [0.25, 0.3) is 0 Å². The van der Waals surface area contributed by atoms with Crippen LogP contribution in [-0.2, 0) is 11.2 Å². The summed E-state index contributed by atoms with van der Waals surface area (Å²) < 4.78 is 5.60. The molecule has 0 spiro atoms. The molecule has 1 aliphatic heterocycles. The van der Waals surface area contributed by atoms with Crippen molar-refractivity contribution in [3.05, 3.63) is 41.3 Å². The molecular formula is C16H16N2OS3. The number of nitrogens with one attached hydrogen (secondary N) is 1. The number of anilines is 3. The Kier molecular flexibility index (Phi) is 4.42. The third-order valence-electron chi connectivity index (χ3n) is 3.44. The maximum Gasteiger partial charge on any atom is 0.261 e. The topological polar surface area (TPSA) is 24.5 Å². The van der Waals surface area contributed by atoms with E-state index in [0.29, 0.717) is 5.17 Å². The van der Waals surface area contributed by atoms with Gasteiger partial charge in [-0.2, -0.15) is 0 Å². The van der Waals surface area contributed by atoms with Gasteiger partial charge in [0.2, 0.25) is 0 Å². The summed E-state index contributed by atoms with van der Waals surface area (Å²) in [6.07, 6.45) is 0.866. The van der Waals surface area contributed by atoms with Gasteiger partial charge in [-0.25, -0.2) is 0 Å². The van der Waals surface area contributed by atoms with Gasteiger partial charge >= 0.3 is 0 Å². The highest BCUT2D eigenvalue weighted by atomic mass is 32.1. The molecule has 1 N–H and O–H groups in total. The fraction of sp³-hybridized carbons (Fsp3) is 0.250. The number of benzene rings is 1. The first-order valence-corrected chi connectivity index (χ1v) is 8.69. The minimum absolute atomic E-state index is 0.0558. The fourth-order valence-corrected chi connectivity index (χ4v) is 3.88. The van der Waals surface area contributed by atoms with Crippen LogP contribution in [0.15, 0.2) is 35.7 Å². The highest BCUT2D eigenvalue weighted by Gasteiger charge is 2.19. The van der Waals surface area contributed by atoms with Gasteiger partial charge in [-0.05, 0) is 67.3 Å². The monoisotopic (exact) mass is 348 g/mol. The van der Waals surface area contributed by atoms with Crippen molar-refractivity contribution in [3.8, 4) is 0 Å². The lowest BCUT2D eigenvalue weighted by atomic mass is 10.1. The minimum Gasteiger partial charge on any atom is -0.467 e. The molecule has 1 aromatic heterocycles. The summed E-state index contributed by atoms with van der Waals surface area (Å²) in [4.78, 5) is 2.92. The maximum absolute atomic E-state index is 5.60. The van der Waals surface area contributed by atoms with Crippen LogP contribution in [0.1, 0.15) is 19.4 Å². The minimum atomic E-state index is 0.0558. The molecule has 1 aromatic carbocycles. The lowest BCUT2D eigenvalue weighted by molar-refractivity contribution is 0.217. The van der Waals surface area contributed by atoms with Crippen LogP contribution in [-0.4, -0.2) is 16.3 Å². The molecule has 0 radical (unpaired) electrons. The van der Waals surface area contributed by atoms with Gasteiger partial charge in [-0.1, -0.05) is 12.2 Å². The molecule has 0 saturated heterocycles. The van der Waals surface area contributed by atoms with E-state index in [9.17, 15) is 0 Å². The zero-order valence-electron chi connectivity index (χ0n) is 12.3. The molecule has 6 heteroatoms. The summed E-state index contributed by atoms with van der Waals surface area (Å²) in [5, 5.41) is 6.75. The predicted octanol–water partition coefficient (Wildman–Crippen LogP) is 4.89. The van der Waals surface area contributed by atoms with Crippen molar-refractivity contribution in [1.82, 2.24) is 0 Å². The Bertz CT molecular complexity index is 712. The fourth-order valence-electron chi connectivity index (χ4n) is 2.54. The Labute approximate surface area is 144 Å². The zero-order chi connectivity index (χ0) is 15.7. The van der Waals surface area contributed by atoms with Crippen LogP contribution in [0.2, 0.25) is 0 Å². The molecule has 1 atom stereocenters. The lowest BCUT2D eigenvalue weighted by Crippen LogP contribution is -2.20. The van der Waals surface area contributed by atoms with Gasteiger partial charge in [0.1, 0.15) is 11.1 Å². The van der Waals surface area contributed by atoms with Crippen molar-refractivity contribution >= 4 is 62.3 Å². The van der Waals surface area contributed by atoms with Crippen molar-refractivity contribution in [2.75, 3.05) is 10.2 Å². The number of rotatable bonds is 2. The standard InChI is InChI=1S/C16H16N2OS3/c1-10-8-12-9-13(5-6-14(12)17-16(21)19-10)18(11(2)20)15-4-3-7-22-15/h3-7,9-10H,8H2,1-2H3,(H,17,21). The number of hydrogen-bond donors (Lipinski definition) is 1. The molecule has 3 nitrogen and oxygen atoms in total. The molecule has 1 aliphatic rings. The third-order valence-corrected chi connectivity index (χ3v) is 4.68. The van der Waals surface area contributed by atoms with Gasteiger partial charge in [-0.15, -0.1) is 11.3 Å². The van der Waals surface area contributed by atoms with E-state index in [-0.39, 0.29) is 6.10 Å². The summed E-state index contributed by atoms with van der Waals surface area (Å²) >= 11 is 12.3. The highest BCUT2D eigenvalue weighted by Crippen LogP contribution is 2.34. The number of thiophene rings is 1. The SMILES string of the molecule is CC(=S)N(c1ccc2c(c1)CC(C)OC(=S)N2)c1cccs1. The molecule has 114 valence electrons. The van der Waals surface area contributed by atoms with E-state index >= 15 is 0 Å². The van der Waals surface area contributed by atoms with Crippen LogP contribution >= 0.6 is 35.8 Å². The molecule has 3 rings (SSSR count). The zero-order valence-corrected chi connectivity index (χ0v) is 14.8. The molecule has 0 amide bonds. The first kappa shape index (κ1) is 15.4. The molecule has 0 fully saturated rings. The van der Waals surface area contributed by atoms with Crippen molar-refractivity contribution in [2.45, 2.75) is 26.4 Å². The Hall–Kier alpha value is -1.50. The molecular weight excluding hydrogens is 332 g/mol. The Morgan fingerprint density at radius 2 is 2.23 bits per heavy atom. The number of thiocarbonyl (C=S) groups is 2. The van der Waals surface area contributed by atoms with Crippen LogP contribution in [0.3, 0.4) is 0 Å². The number of nitrogens with zero attached hydrogens (tertiary/aromatic N) is 1.